The Balaban J connectivity index is 1.82. The summed E-state index contributed by atoms with van der Waals surface area (Å²) in [7, 11) is 0. The van der Waals surface area contributed by atoms with Crippen molar-refractivity contribution in [2.75, 3.05) is 6.61 Å². The van der Waals surface area contributed by atoms with Crippen LogP contribution in [-0.2, 0) is 6.42 Å². The van der Waals surface area contributed by atoms with Gasteiger partial charge in [0.25, 0.3) is 0 Å². The zero-order chi connectivity index (χ0) is 19.2. The first-order valence-corrected chi connectivity index (χ1v) is 11.6. The normalized spacial score (nSPS) is 11.6. The highest BCUT2D eigenvalue weighted by molar-refractivity contribution is 7.26. The monoisotopic (exact) mass is 382 g/mol. The summed E-state index contributed by atoms with van der Waals surface area (Å²) >= 11 is 1.95. The van der Waals surface area contributed by atoms with E-state index in [1.807, 2.05) is 11.3 Å². The molecule has 3 rings (SSSR count). The Labute approximate surface area is 168 Å². The molecule has 0 amide bonds. The van der Waals surface area contributed by atoms with Gasteiger partial charge >= 0.3 is 0 Å². The summed E-state index contributed by atoms with van der Waals surface area (Å²) in [5.41, 5.74) is 4.29. The van der Waals surface area contributed by atoms with Gasteiger partial charge in [0, 0.05) is 25.7 Å². The van der Waals surface area contributed by atoms with Crippen molar-refractivity contribution in [3.05, 3.63) is 41.0 Å². The molecule has 0 saturated carbocycles. The van der Waals surface area contributed by atoms with Gasteiger partial charge in [-0.1, -0.05) is 58.1 Å². The molecule has 0 radical (unpaired) electrons. The van der Waals surface area contributed by atoms with Gasteiger partial charge in [0.15, 0.2) is 0 Å². The molecule has 0 aliphatic heterocycles. The number of ether oxygens (including phenoxy) is 1. The van der Waals surface area contributed by atoms with Gasteiger partial charge in [0.1, 0.15) is 5.75 Å². The van der Waals surface area contributed by atoms with E-state index in [0.29, 0.717) is 0 Å². The minimum absolute atomic E-state index is 0.834. The number of unbranched alkanes of at least 4 members (excludes halogenated alkanes) is 5. The summed E-state index contributed by atoms with van der Waals surface area (Å²) in [4.78, 5) is 0. The third-order valence-corrected chi connectivity index (χ3v) is 7.13. The fraction of sp³-hybridized carbons (Fsp3) is 0.520. The lowest BCUT2D eigenvalue weighted by atomic mass is 10.00. The molecular weight excluding hydrogens is 348 g/mol. The van der Waals surface area contributed by atoms with E-state index < -0.39 is 0 Å². The number of fused-ring (bicyclic) bond motifs is 3. The van der Waals surface area contributed by atoms with E-state index in [9.17, 15) is 0 Å². The highest BCUT2D eigenvalue weighted by atomic mass is 32.1. The van der Waals surface area contributed by atoms with E-state index in [0.717, 1.165) is 18.8 Å². The van der Waals surface area contributed by atoms with Crippen LogP contribution in [0.1, 0.15) is 75.5 Å². The Kier molecular flexibility index (Phi) is 7.18. The van der Waals surface area contributed by atoms with Crippen LogP contribution in [0, 0.1) is 13.8 Å². The molecule has 0 fully saturated rings. The van der Waals surface area contributed by atoms with Gasteiger partial charge in [-0.05, 0) is 56.4 Å². The maximum atomic E-state index is 6.13. The van der Waals surface area contributed by atoms with Crippen LogP contribution in [0.5, 0.6) is 5.75 Å². The van der Waals surface area contributed by atoms with Gasteiger partial charge in [-0.25, -0.2) is 0 Å². The van der Waals surface area contributed by atoms with E-state index in [4.69, 9.17) is 4.74 Å². The Hall–Kier alpha value is -1.54. The predicted molar refractivity (Wildman–Crippen MR) is 122 cm³/mol. The van der Waals surface area contributed by atoms with Crippen LogP contribution in [0.15, 0.2) is 24.3 Å². The van der Waals surface area contributed by atoms with Crippen LogP contribution in [-0.4, -0.2) is 6.61 Å². The van der Waals surface area contributed by atoms with Crippen molar-refractivity contribution in [1.29, 1.82) is 0 Å². The second-order valence-electron chi connectivity index (χ2n) is 7.76. The van der Waals surface area contributed by atoms with Gasteiger partial charge in [-0.2, -0.15) is 0 Å². The molecular formula is C25H34OS. The molecule has 2 heteroatoms. The largest absolute Gasteiger partial charge is 0.493 e. The SMILES string of the molecule is CCCCCCCOc1ccc2c(sc3c(C)c(CCCC)ccc32)c1C. The summed E-state index contributed by atoms with van der Waals surface area (Å²) in [5.74, 6) is 1.06. The van der Waals surface area contributed by atoms with Crippen LogP contribution in [0.25, 0.3) is 20.2 Å². The molecule has 0 bridgehead atoms. The zero-order valence-corrected chi connectivity index (χ0v) is 18.3. The Morgan fingerprint density at radius 1 is 0.741 bits per heavy atom. The number of aryl methyl sites for hydroxylation is 3. The maximum absolute atomic E-state index is 6.13. The Bertz CT molecular complexity index is 890. The summed E-state index contributed by atoms with van der Waals surface area (Å²) < 4.78 is 8.98. The Morgan fingerprint density at radius 2 is 1.41 bits per heavy atom. The fourth-order valence-electron chi connectivity index (χ4n) is 3.88. The smallest absolute Gasteiger partial charge is 0.123 e. The lowest BCUT2D eigenvalue weighted by Gasteiger charge is -2.09. The minimum atomic E-state index is 0.834. The van der Waals surface area contributed by atoms with Crippen molar-refractivity contribution < 1.29 is 4.74 Å². The van der Waals surface area contributed by atoms with Crippen molar-refractivity contribution in [3.63, 3.8) is 0 Å². The summed E-state index contributed by atoms with van der Waals surface area (Å²) in [5, 5.41) is 2.79. The quantitative estimate of drug-likeness (QED) is 0.320. The third-order valence-electron chi connectivity index (χ3n) is 5.67. The van der Waals surface area contributed by atoms with Crippen LogP contribution in [0.4, 0.5) is 0 Å². The lowest BCUT2D eigenvalue weighted by Crippen LogP contribution is -1.98. The third kappa shape index (κ3) is 4.48. The molecule has 0 aliphatic carbocycles. The Morgan fingerprint density at radius 3 is 2.15 bits per heavy atom. The van der Waals surface area contributed by atoms with Crippen molar-refractivity contribution in [1.82, 2.24) is 0 Å². The van der Waals surface area contributed by atoms with Gasteiger partial charge in [-0.15, -0.1) is 11.3 Å². The van der Waals surface area contributed by atoms with Gasteiger partial charge in [0.05, 0.1) is 6.61 Å². The van der Waals surface area contributed by atoms with E-state index in [2.05, 4.69) is 52.0 Å². The first-order chi connectivity index (χ1) is 13.2. The lowest BCUT2D eigenvalue weighted by molar-refractivity contribution is 0.303. The molecule has 0 atom stereocenters. The predicted octanol–water partition coefficient (Wildman–Crippen LogP) is 8.36. The average Bonchev–Trinajstić information content (AvgIpc) is 3.06. The molecule has 0 spiro atoms. The average molecular weight is 383 g/mol. The summed E-state index contributed by atoms with van der Waals surface area (Å²) in [6.07, 6.45) is 10.1. The molecule has 0 saturated heterocycles. The van der Waals surface area contributed by atoms with Crippen LogP contribution >= 0.6 is 11.3 Å². The zero-order valence-electron chi connectivity index (χ0n) is 17.5. The minimum Gasteiger partial charge on any atom is -0.493 e. The summed E-state index contributed by atoms with van der Waals surface area (Å²) in [6, 6.07) is 9.12. The molecule has 1 nitrogen and oxygen atoms in total. The molecule has 0 N–H and O–H groups in total. The maximum Gasteiger partial charge on any atom is 0.123 e. The van der Waals surface area contributed by atoms with Crippen LogP contribution in [0.2, 0.25) is 0 Å². The number of thiophene rings is 1. The van der Waals surface area contributed by atoms with Gasteiger partial charge in [0.2, 0.25) is 0 Å². The first-order valence-electron chi connectivity index (χ1n) is 10.7. The second-order valence-corrected chi connectivity index (χ2v) is 8.78. The number of hydrogen-bond acceptors (Lipinski definition) is 2. The van der Waals surface area contributed by atoms with Crippen molar-refractivity contribution in [2.24, 2.45) is 0 Å². The number of rotatable bonds is 10. The van der Waals surface area contributed by atoms with Gasteiger partial charge in [-0.3, -0.25) is 0 Å². The first kappa shape index (κ1) is 20.2. The molecule has 146 valence electrons. The molecule has 3 aromatic rings. The highest BCUT2D eigenvalue weighted by Gasteiger charge is 2.14. The van der Waals surface area contributed by atoms with Crippen molar-refractivity contribution >= 4 is 31.5 Å². The van der Waals surface area contributed by atoms with Crippen LogP contribution in [0.3, 0.4) is 0 Å². The van der Waals surface area contributed by atoms with E-state index >= 15 is 0 Å². The number of hydrogen-bond donors (Lipinski definition) is 0. The molecule has 0 aliphatic rings. The summed E-state index contributed by atoms with van der Waals surface area (Å²) in [6.45, 7) is 9.88. The molecule has 0 unspecified atom stereocenters. The van der Waals surface area contributed by atoms with Gasteiger partial charge < -0.3 is 4.74 Å². The number of benzene rings is 2. The fourth-order valence-corrected chi connectivity index (χ4v) is 5.20. The standard InChI is InChI=1S/C25H34OS/c1-5-7-9-10-11-17-26-23-16-15-22-21-14-13-20(12-8-6-2)18(3)24(21)27-25(22)19(23)4/h13-16H,5-12,17H2,1-4H3. The topological polar surface area (TPSA) is 9.23 Å². The van der Waals surface area contributed by atoms with Crippen molar-refractivity contribution in [3.8, 4) is 5.75 Å². The molecule has 27 heavy (non-hydrogen) atoms. The van der Waals surface area contributed by atoms with E-state index in [-0.39, 0.29) is 0 Å². The van der Waals surface area contributed by atoms with E-state index in [1.165, 1.54) is 81.8 Å². The van der Waals surface area contributed by atoms with Crippen molar-refractivity contribution in [2.45, 2.75) is 79.1 Å². The molecule has 2 aromatic carbocycles. The molecule has 1 heterocycles. The highest BCUT2D eigenvalue weighted by Crippen LogP contribution is 2.41. The van der Waals surface area contributed by atoms with Crippen LogP contribution < -0.4 is 4.74 Å². The second kappa shape index (κ2) is 9.59. The van der Waals surface area contributed by atoms with E-state index in [1.54, 1.807) is 0 Å². The molecule has 1 aromatic heterocycles.